The topological polar surface area (TPSA) is 81.9 Å². The molecule has 1 amide bonds. The lowest BCUT2D eigenvalue weighted by atomic mass is 9.99. The van der Waals surface area contributed by atoms with Gasteiger partial charge in [-0.2, -0.15) is 0 Å². The Balaban J connectivity index is 2.43. The zero-order valence-corrected chi connectivity index (χ0v) is 13.0. The molecule has 0 spiro atoms. The minimum absolute atomic E-state index is 0.0387. The van der Waals surface area contributed by atoms with E-state index in [9.17, 15) is 14.9 Å². The molecule has 7 heteroatoms. The number of likely N-dealkylation sites (tertiary alicyclic amines) is 1. The van der Waals surface area contributed by atoms with Crippen LogP contribution in [-0.2, 0) is 0 Å². The number of benzene rings is 1. The Morgan fingerprint density at radius 3 is 2.50 bits per heavy atom. The second-order valence-electron chi connectivity index (χ2n) is 5.48. The first kappa shape index (κ1) is 16.1. The van der Waals surface area contributed by atoms with Crippen LogP contribution < -0.4 is 9.47 Å². The van der Waals surface area contributed by atoms with Crippen molar-refractivity contribution in [1.82, 2.24) is 4.90 Å². The largest absolute Gasteiger partial charge is 0.493 e. The molecular formula is C15H20N2O5. The Hall–Kier alpha value is -2.31. The predicted molar refractivity (Wildman–Crippen MR) is 80.5 cm³/mol. The number of amides is 1. The summed E-state index contributed by atoms with van der Waals surface area (Å²) in [5, 5.41) is 11.3. The first-order valence-electron chi connectivity index (χ1n) is 7.17. The molecule has 22 heavy (non-hydrogen) atoms. The summed E-state index contributed by atoms with van der Waals surface area (Å²) in [7, 11) is 2.83. The monoisotopic (exact) mass is 308 g/mol. The van der Waals surface area contributed by atoms with Crippen molar-refractivity contribution in [3.8, 4) is 11.5 Å². The predicted octanol–water partition coefficient (Wildman–Crippen LogP) is 2.48. The molecule has 1 aromatic carbocycles. The number of nitrogens with zero attached hydrogens (tertiary/aromatic N) is 2. The molecule has 7 nitrogen and oxygen atoms in total. The quantitative estimate of drug-likeness (QED) is 0.630. The van der Waals surface area contributed by atoms with Crippen molar-refractivity contribution in [2.75, 3.05) is 27.3 Å². The van der Waals surface area contributed by atoms with E-state index in [0.717, 1.165) is 12.8 Å². The van der Waals surface area contributed by atoms with Gasteiger partial charge in [0.15, 0.2) is 11.5 Å². The lowest BCUT2D eigenvalue weighted by Crippen LogP contribution is -2.39. The van der Waals surface area contributed by atoms with Gasteiger partial charge in [-0.1, -0.05) is 6.92 Å². The first-order valence-corrected chi connectivity index (χ1v) is 7.17. The SMILES string of the molecule is COc1cc(C(=O)N2CCC[C@@H](C)C2)c([N+](=O)[O-])cc1OC. The molecule has 0 radical (unpaired) electrons. The number of rotatable bonds is 4. The Labute approximate surface area is 129 Å². The highest BCUT2D eigenvalue weighted by molar-refractivity contribution is 5.99. The van der Waals surface area contributed by atoms with Gasteiger partial charge < -0.3 is 14.4 Å². The van der Waals surface area contributed by atoms with Gasteiger partial charge in [0, 0.05) is 19.2 Å². The maximum absolute atomic E-state index is 12.7. The van der Waals surface area contributed by atoms with Crippen molar-refractivity contribution in [1.29, 1.82) is 0 Å². The second kappa shape index (κ2) is 6.64. The molecule has 120 valence electrons. The minimum atomic E-state index is -0.567. The third-order valence-electron chi connectivity index (χ3n) is 3.87. The van der Waals surface area contributed by atoms with Crippen molar-refractivity contribution in [3.05, 3.63) is 27.8 Å². The van der Waals surface area contributed by atoms with E-state index in [4.69, 9.17) is 9.47 Å². The lowest BCUT2D eigenvalue weighted by Gasteiger charge is -2.31. The van der Waals surface area contributed by atoms with E-state index >= 15 is 0 Å². The van der Waals surface area contributed by atoms with Gasteiger partial charge in [-0.25, -0.2) is 0 Å². The molecule has 1 aliphatic heterocycles. The third-order valence-corrected chi connectivity index (χ3v) is 3.87. The highest BCUT2D eigenvalue weighted by atomic mass is 16.6. The second-order valence-corrected chi connectivity index (χ2v) is 5.48. The molecule has 1 saturated heterocycles. The van der Waals surface area contributed by atoms with Crippen LogP contribution in [0.1, 0.15) is 30.1 Å². The van der Waals surface area contributed by atoms with Crippen molar-refractivity contribution in [3.63, 3.8) is 0 Å². The summed E-state index contributed by atoms with van der Waals surface area (Å²) in [6.07, 6.45) is 1.98. The molecule has 0 aliphatic carbocycles. The van der Waals surface area contributed by atoms with Crippen LogP contribution in [0.3, 0.4) is 0 Å². The van der Waals surface area contributed by atoms with Gasteiger partial charge in [0.05, 0.1) is 25.2 Å². The normalized spacial score (nSPS) is 18.0. The smallest absolute Gasteiger partial charge is 0.286 e. The molecule has 1 aliphatic rings. The summed E-state index contributed by atoms with van der Waals surface area (Å²) in [6.45, 7) is 3.31. The van der Waals surface area contributed by atoms with Gasteiger partial charge in [-0.05, 0) is 18.8 Å². The van der Waals surface area contributed by atoms with Gasteiger partial charge in [0.25, 0.3) is 11.6 Å². The van der Waals surface area contributed by atoms with E-state index in [0.29, 0.717) is 24.8 Å². The summed E-state index contributed by atoms with van der Waals surface area (Å²) in [5.41, 5.74) is -0.224. The van der Waals surface area contributed by atoms with Gasteiger partial charge >= 0.3 is 0 Å². The maximum atomic E-state index is 12.7. The number of ether oxygens (including phenoxy) is 2. The van der Waals surface area contributed by atoms with Crippen molar-refractivity contribution < 1.29 is 19.2 Å². The van der Waals surface area contributed by atoms with E-state index in [-0.39, 0.29) is 22.9 Å². The summed E-state index contributed by atoms with van der Waals surface area (Å²) < 4.78 is 10.2. The van der Waals surface area contributed by atoms with Gasteiger partial charge in [0.1, 0.15) is 5.56 Å². The van der Waals surface area contributed by atoms with Crippen molar-refractivity contribution in [2.45, 2.75) is 19.8 Å². The van der Waals surface area contributed by atoms with Crippen LogP contribution in [0.2, 0.25) is 0 Å². The van der Waals surface area contributed by atoms with Crippen LogP contribution >= 0.6 is 0 Å². The van der Waals surface area contributed by atoms with Crippen LogP contribution in [0.15, 0.2) is 12.1 Å². The van der Waals surface area contributed by atoms with Gasteiger partial charge in [0.2, 0.25) is 0 Å². The van der Waals surface area contributed by atoms with Gasteiger partial charge in [-0.3, -0.25) is 14.9 Å². The fourth-order valence-electron chi connectivity index (χ4n) is 2.73. The van der Waals surface area contributed by atoms with E-state index in [2.05, 4.69) is 6.92 Å². The average molecular weight is 308 g/mol. The van der Waals surface area contributed by atoms with Crippen molar-refractivity contribution >= 4 is 11.6 Å². The summed E-state index contributed by atoms with van der Waals surface area (Å²) in [6, 6.07) is 2.62. The summed E-state index contributed by atoms with van der Waals surface area (Å²) in [5.74, 6) is 0.607. The Morgan fingerprint density at radius 1 is 1.32 bits per heavy atom. The molecular weight excluding hydrogens is 288 g/mol. The van der Waals surface area contributed by atoms with E-state index in [1.54, 1.807) is 4.90 Å². The summed E-state index contributed by atoms with van der Waals surface area (Å²) in [4.78, 5) is 25.0. The molecule has 0 unspecified atom stereocenters. The zero-order chi connectivity index (χ0) is 16.3. The Morgan fingerprint density at radius 2 is 1.95 bits per heavy atom. The Bertz CT molecular complexity index is 588. The zero-order valence-electron chi connectivity index (χ0n) is 13.0. The minimum Gasteiger partial charge on any atom is -0.493 e. The number of nitro benzene ring substituents is 1. The number of nitro groups is 1. The maximum Gasteiger partial charge on any atom is 0.286 e. The molecule has 0 bridgehead atoms. The molecule has 0 aromatic heterocycles. The fourth-order valence-corrected chi connectivity index (χ4v) is 2.73. The number of methoxy groups -OCH3 is 2. The van der Waals surface area contributed by atoms with E-state index in [1.165, 1.54) is 26.4 Å². The fraction of sp³-hybridized carbons (Fsp3) is 0.533. The van der Waals surface area contributed by atoms with Gasteiger partial charge in [-0.15, -0.1) is 0 Å². The van der Waals surface area contributed by atoms with Crippen LogP contribution in [-0.4, -0.2) is 43.0 Å². The molecule has 0 saturated carbocycles. The Kier molecular flexibility index (Phi) is 4.85. The number of hydrogen-bond donors (Lipinski definition) is 0. The molecule has 1 heterocycles. The van der Waals surface area contributed by atoms with Crippen LogP contribution in [0, 0.1) is 16.0 Å². The molecule has 1 aromatic rings. The lowest BCUT2D eigenvalue weighted by molar-refractivity contribution is -0.385. The van der Waals surface area contributed by atoms with E-state index < -0.39 is 4.92 Å². The molecule has 1 atom stereocenters. The number of carbonyl (C=O) groups excluding carboxylic acids is 1. The average Bonchev–Trinajstić information content (AvgIpc) is 2.52. The number of carbonyl (C=O) groups is 1. The number of hydrogen-bond acceptors (Lipinski definition) is 5. The molecule has 0 N–H and O–H groups in total. The molecule has 2 rings (SSSR count). The third kappa shape index (κ3) is 3.13. The van der Waals surface area contributed by atoms with E-state index in [1.807, 2.05) is 0 Å². The standard InChI is InChI=1S/C15H20N2O5/c1-10-5-4-6-16(9-10)15(18)11-7-13(21-2)14(22-3)8-12(11)17(19)20/h7-8,10H,4-6,9H2,1-3H3/t10-/m1/s1. The van der Waals surface area contributed by atoms with Crippen molar-refractivity contribution in [2.24, 2.45) is 5.92 Å². The van der Waals surface area contributed by atoms with Crippen LogP contribution in [0.4, 0.5) is 5.69 Å². The number of piperidine rings is 1. The highest BCUT2D eigenvalue weighted by Crippen LogP contribution is 2.35. The first-order chi connectivity index (χ1) is 10.5. The summed E-state index contributed by atoms with van der Waals surface area (Å²) >= 11 is 0. The molecule has 1 fully saturated rings. The highest BCUT2D eigenvalue weighted by Gasteiger charge is 2.29. The van der Waals surface area contributed by atoms with Crippen LogP contribution in [0.25, 0.3) is 0 Å². The van der Waals surface area contributed by atoms with Crippen LogP contribution in [0.5, 0.6) is 11.5 Å².